The third kappa shape index (κ3) is 4.49. The highest BCUT2D eigenvalue weighted by Crippen LogP contribution is 2.25. The fourth-order valence-electron chi connectivity index (χ4n) is 3.66. The van der Waals surface area contributed by atoms with Crippen molar-refractivity contribution in [1.29, 1.82) is 0 Å². The first-order valence-electron chi connectivity index (χ1n) is 9.68. The molecule has 0 unspecified atom stereocenters. The molecule has 0 atom stereocenters. The fraction of sp³-hybridized carbons (Fsp3) is 0.409. The van der Waals surface area contributed by atoms with Crippen LogP contribution in [0.25, 0.3) is 0 Å². The van der Waals surface area contributed by atoms with Crippen LogP contribution in [0.3, 0.4) is 0 Å². The van der Waals surface area contributed by atoms with Crippen LogP contribution >= 0.6 is 0 Å². The Morgan fingerprint density at radius 2 is 1.81 bits per heavy atom. The lowest BCUT2D eigenvalue weighted by atomic mass is 9.98. The first-order valence-corrected chi connectivity index (χ1v) is 9.68. The lowest BCUT2D eigenvalue weighted by Gasteiger charge is -2.29. The molecule has 2 heterocycles. The van der Waals surface area contributed by atoms with Gasteiger partial charge in [0.2, 0.25) is 0 Å². The van der Waals surface area contributed by atoms with Gasteiger partial charge in [0, 0.05) is 38.3 Å². The minimum Gasteiger partial charge on any atom is -0.492 e. The van der Waals surface area contributed by atoms with Gasteiger partial charge in [-0.05, 0) is 29.7 Å². The Morgan fingerprint density at radius 1 is 1.00 bits per heavy atom. The molecule has 0 aliphatic carbocycles. The number of fused-ring (bicyclic) bond motifs is 1. The van der Waals surface area contributed by atoms with Crippen molar-refractivity contribution in [2.45, 2.75) is 13.0 Å². The van der Waals surface area contributed by atoms with Gasteiger partial charge in [-0.2, -0.15) is 0 Å². The molecule has 2 aliphatic rings. The molecular formula is C22H26N2O3. The van der Waals surface area contributed by atoms with E-state index in [-0.39, 0.29) is 5.91 Å². The van der Waals surface area contributed by atoms with Crippen molar-refractivity contribution >= 4 is 5.91 Å². The number of morpholine rings is 1. The summed E-state index contributed by atoms with van der Waals surface area (Å²) in [7, 11) is 0. The topological polar surface area (TPSA) is 42.0 Å². The summed E-state index contributed by atoms with van der Waals surface area (Å²) >= 11 is 0. The van der Waals surface area contributed by atoms with Gasteiger partial charge in [-0.1, -0.05) is 36.4 Å². The van der Waals surface area contributed by atoms with Gasteiger partial charge in [-0.25, -0.2) is 0 Å². The summed E-state index contributed by atoms with van der Waals surface area (Å²) in [5, 5.41) is 0. The van der Waals surface area contributed by atoms with E-state index in [0.29, 0.717) is 13.2 Å². The molecule has 27 heavy (non-hydrogen) atoms. The maximum Gasteiger partial charge on any atom is 0.254 e. The summed E-state index contributed by atoms with van der Waals surface area (Å²) in [4.78, 5) is 17.2. The standard InChI is InChI=1S/C22H26N2O3/c25-22-21-16-20(27-15-12-23-10-13-26-14-11-23)7-6-19(21)8-9-24(22)17-18-4-2-1-3-5-18/h1-7,16H,8-15,17H2. The van der Waals surface area contributed by atoms with E-state index in [1.807, 2.05) is 41.3 Å². The average molecular weight is 366 g/mol. The van der Waals surface area contributed by atoms with Crippen LogP contribution in [0, 0.1) is 0 Å². The SMILES string of the molecule is O=C1c2cc(OCCN3CCOCC3)ccc2CCN1Cc1ccccc1. The van der Waals surface area contributed by atoms with Crippen molar-refractivity contribution in [3.05, 3.63) is 65.2 Å². The molecule has 0 spiro atoms. The number of amides is 1. The van der Waals surface area contributed by atoms with Crippen LogP contribution in [0.15, 0.2) is 48.5 Å². The summed E-state index contributed by atoms with van der Waals surface area (Å²) in [6.45, 7) is 6.44. The van der Waals surface area contributed by atoms with Gasteiger partial charge >= 0.3 is 0 Å². The lowest BCUT2D eigenvalue weighted by Crippen LogP contribution is -2.38. The van der Waals surface area contributed by atoms with E-state index in [4.69, 9.17) is 9.47 Å². The van der Waals surface area contributed by atoms with Crippen LogP contribution in [-0.4, -0.2) is 61.7 Å². The highest BCUT2D eigenvalue weighted by atomic mass is 16.5. The molecule has 5 heteroatoms. The van der Waals surface area contributed by atoms with E-state index >= 15 is 0 Å². The van der Waals surface area contributed by atoms with Gasteiger partial charge in [0.25, 0.3) is 5.91 Å². The Labute approximate surface area is 160 Å². The predicted molar refractivity (Wildman–Crippen MR) is 104 cm³/mol. The van der Waals surface area contributed by atoms with Crippen molar-refractivity contribution in [3.8, 4) is 5.75 Å². The number of nitrogens with zero attached hydrogens (tertiary/aromatic N) is 2. The lowest BCUT2D eigenvalue weighted by molar-refractivity contribution is 0.0322. The van der Waals surface area contributed by atoms with Gasteiger partial charge in [0.05, 0.1) is 13.2 Å². The molecule has 1 saturated heterocycles. The van der Waals surface area contributed by atoms with E-state index < -0.39 is 0 Å². The monoisotopic (exact) mass is 366 g/mol. The Kier molecular flexibility index (Phi) is 5.70. The Morgan fingerprint density at radius 3 is 2.63 bits per heavy atom. The number of hydrogen-bond acceptors (Lipinski definition) is 4. The summed E-state index contributed by atoms with van der Waals surface area (Å²) in [5.41, 5.74) is 3.05. The zero-order chi connectivity index (χ0) is 18.5. The van der Waals surface area contributed by atoms with Crippen molar-refractivity contribution in [1.82, 2.24) is 9.80 Å². The molecule has 1 amide bonds. The van der Waals surface area contributed by atoms with Gasteiger partial charge in [-0.3, -0.25) is 9.69 Å². The zero-order valence-corrected chi connectivity index (χ0v) is 15.6. The van der Waals surface area contributed by atoms with Crippen LogP contribution < -0.4 is 4.74 Å². The van der Waals surface area contributed by atoms with Crippen molar-refractivity contribution in [2.75, 3.05) is 46.0 Å². The minimum atomic E-state index is 0.0960. The Balaban J connectivity index is 1.38. The normalized spacial score (nSPS) is 17.6. The molecule has 1 fully saturated rings. The fourth-order valence-corrected chi connectivity index (χ4v) is 3.66. The Bertz CT molecular complexity index is 772. The highest BCUT2D eigenvalue weighted by Gasteiger charge is 2.24. The van der Waals surface area contributed by atoms with E-state index in [2.05, 4.69) is 17.0 Å². The quantitative estimate of drug-likeness (QED) is 0.788. The van der Waals surface area contributed by atoms with Crippen molar-refractivity contribution < 1.29 is 14.3 Å². The Hall–Kier alpha value is -2.37. The van der Waals surface area contributed by atoms with Crippen LogP contribution in [0.5, 0.6) is 5.75 Å². The largest absolute Gasteiger partial charge is 0.492 e. The maximum absolute atomic E-state index is 12.9. The molecule has 4 rings (SSSR count). The highest BCUT2D eigenvalue weighted by molar-refractivity contribution is 5.97. The van der Waals surface area contributed by atoms with Crippen molar-refractivity contribution in [3.63, 3.8) is 0 Å². The number of rotatable bonds is 6. The first kappa shape index (κ1) is 18.0. The summed E-state index contributed by atoms with van der Waals surface area (Å²) in [6, 6.07) is 16.1. The average Bonchev–Trinajstić information content (AvgIpc) is 2.72. The molecule has 2 aliphatic heterocycles. The summed E-state index contributed by atoms with van der Waals surface area (Å²) < 4.78 is 11.3. The van der Waals surface area contributed by atoms with Crippen LogP contribution in [0.1, 0.15) is 21.5 Å². The molecule has 2 aromatic rings. The second kappa shape index (κ2) is 8.55. The number of ether oxygens (including phenoxy) is 2. The van der Waals surface area contributed by atoms with Crippen molar-refractivity contribution in [2.24, 2.45) is 0 Å². The van der Waals surface area contributed by atoms with Crippen LogP contribution in [0.4, 0.5) is 0 Å². The molecule has 0 saturated carbocycles. The summed E-state index contributed by atoms with van der Waals surface area (Å²) in [5.74, 6) is 0.871. The van der Waals surface area contributed by atoms with E-state index in [9.17, 15) is 4.79 Å². The zero-order valence-electron chi connectivity index (χ0n) is 15.6. The first-order chi connectivity index (χ1) is 13.3. The number of benzene rings is 2. The van der Waals surface area contributed by atoms with Crippen LogP contribution in [0.2, 0.25) is 0 Å². The maximum atomic E-state index is 12.9. The smallest absolute Gasteiger partial charge is 0.254 e. The molecule has 142 valence electrons. The number of hydrogen-bond donors (Lipinski definition) is 0. The van der Waals surface area contributed by atoms with E-state index in [1.54, 1.807) is 0 Å². The molecule has 0 N–H and O–H groups in total. The van der Waals surface area contributed by atoms with Crippen LogP contribution in [-0.2, 0) is 17.7 Å². The second-order valence-corrected chi connectivity index (χ2v) is 7.08. The van der Waals surface area contributed by atoms with Gasteiger partial charge < -0.3 is 14.4 Å². The second-order valence-electron chi connectivity index (χ2n) is 7.08. The van der Waals surface area contributed by atoms with E-state index in [1.165, 1.54) is 0 Å². The number of carbonyl (C=O) groups excluding carboxylic acids is 1. The van der Waals surface area contributed by atoms with Gasteiger partial charge in [0.1, 0.15) is 12.4 Å². The molecule has 0 bridgehead atoms. The minimum absolute atomic E-state index is 0.0960. The molecule has 5 nitrogen and oxygen atoms in total. The molecule has 2 aromatic carbocycles. The third-order valence-electron chi connectivity index (χ3n) is 5.25. The number of carbonyl (C=O) groups is 1. The van der Waals surface area contributed by atoms with E-state index in [0.717, 1.165) is 68.3 Å². The van der Waals surface area contributed by atoms with Gasteiger partial charge in [0.15, 0.2) is 0 Å². The third-order valence-corrected chi connectivity index (χ3v) is 5.25. The summed E-state index contributed by atoms with van der Waals surface area (Å²) in [6.07, 6.45) is 0.891. The molecule has 0 radical (unpaired) electrons. The predicted octanol–water partition coefficient (Wildman–Crippen LogP) is 2.60. The van der Waals surface area contributed by atoms with Gasteiger partial charge in [-0.15, -0.1) is 0 Å². The molecule has 0 aromatic heterocycles. The molecular weight excluding hydrogens is 340 g/mol.